The van der Waals surface area contributed by atoms with Crippen molar-refractivity contribution in [2.75, 3.05) is 0 Å². The zero-order valence-corrected chi connectivity index (χ0v) is 9.15. The molecule has 1 N–H and O–H groups in total. The molecule has 0 aliphatic carbocycles. The zero-order valence-electron chi connectivity index (χ0n) is 9.15. The lowest BCUT2D eigenvalue weighted by Gasteiger charge is -2.16. The molecule has 1 aromatic heterocycles. The van der Waals surface area contributed by atoms with Gasteiger partial charge in [-0.1, -0.05) is 18.2 Å². The fourth-order valence-corrected chi connectivity index (χ4v) is 1.94. The lowest BCUT2D eigenvalue weighted by molar-refractivity contribution is -0.145. The second-order valence-electron chi connectivity index (χ2n) is 3.95. The third kappa shape index (κ3) is 2.00. The van der Waals surface area contributed by atoms with Gasteiger partial charge in [-0.2, -0.15) is 0 Å². The van der Waals surface area contributed by atoms with Gasteiger partial charge in [0.2, 0.25) is 0 Å². The molecule has 0 spiro atoms. The number of halogens is 2. The van der Waals surface area contributed by atoms with E-state index >= 15 is 0 Å². The van der Waals surface area contributed by atoms with E-state index < -0.39 is 18.3 Å². The third-order valence-electron chi connectivity index (χ3n) is 2.66. The summed E-state index contributed by atoms with van der Waals surface area (Å²) in [4.78, 5) is 10.5. The minimum absolute atomic E-state index is 0.245. The number of carboxylic acids is 1. The van der Waals surface area contributed by atoms with Crippen LogP contribution in [0.25, 0.3) is 10.9 Å². The molecule has 0 fully saturated rings. The standard InChI is InChI=1S/C12H11F2NO2/c1-15-6-5-8-3-2-4-9(11(8)15)12(13,14)7-10(16)17/h2-6H,7H2,1H3,(H,16,17). The molecule has 5 heteroatoms. The smallest absolute Gasteiger partial charge is 0.309 e. The maximum Gasteiger partial charge on any atom is 0.309 e. The van der Waals surface area contributed by atoms with Crippen molar-refractivity contribution < 1.29 is 18.7 Å². The van der Waals surface area contributed by atoms with Crippen molar-refractivity contribution in [1.82, 2.24) is 4.57 Å². The van der Waals surface area contributed by atoms with Crippen LogP contribution in [0.1, 0.15) is 12.0 Å². The molecule has 0 saturated carbocycles. The van der Waals surface area contributed by atoms with Gasteiger partial charge in [-0.15, -0.1) is 0 Å². The van der Waals surface area contributed by atoms with Gasteiger partial charge in [0.1, 0.15) is 6.42 Å². The summed E-state index contributed by atoms with van der Waals surface area (Å²) in [5, 5.41) is 9.19. The van der Waals surface area contributed by atoms with Crippen LogP contribution in [-0.2, 0) is 17.8 Å². The lowest BCUT2D eigenvalue weighted by Crippen LogP contribution is -2.19. The molecule has 2 rings (SSSR count). The van der Waals surface area contributed by atoms with E-state index in [1.165, 1.54) is 12.1 Å². The number of fused-ring (bicyclic) bond motifs is 1. The second-order valence-corrected chi connectivity index (χ2v) is 3.95. The summed E-state index contributed by atoms with van der Waals surface area (Å²) >= 11 is 0. The first kappa shape index (κ1) is 11.6. The first-order valence-corrected chi connectivity index (χ1v) is 5.06. The summed E-state index contributed by atoms with van der Waals surface area (Å²) in [5.74, 6) is -4.88. The van der Waals surface area contributed by atoms with Crippen LogP contribution in [0.2, 0.25) is 0 Å². The zero-order chi connectivity index (χ0) is 12.6. The number of aromatic nitrogens is 1. The number of benzene rings is 1. The van der Waals surface area contributed by atoms with Gasteiger partial charge in [0.15, 0.2) is 0 Å². The monoisotopic (exact) mass is 239 g/mol. The highest BCUT2D eigenvalue weighted by molar-refractivity contribution is 5.84. The number of alkyl halides is 2. The van der Waals surface area contributed by atoms with Gasteiger partial charge < -0.3 is 9.67 Å². The van der Waals surface area contributed by atoms with Gasteiger partial charge in [-0.25, -0.2) is 8.78 Å². The number of rotatable bonds is 3. The van der Waals surface area contributed by atoms with Gasteiger partial charge >= 0.3 is 5.97 Å². The molecular weight excluding hydrogens is 228 g/mol. The highest BCUT2D eigenvalue weighted by Gasteiger charge is 2.36. The first-order chi connectivity index (χ1) is 7.92. The van der Waals surface area contributed by atoms with Crippen molar-refractivity contribution in [3.05, 3.63) is 36.0 Å². The van der Waals surface area contributed by atoms with Crippen LogP contribution >= 0.6 is 0 Å². The maximum atomic E-state index is 13.8. The molecule has 1 heterocycles. The van der Waals surface area contributed by atoms with Crippen molar-refractivity contribution in [1.29, 1.82) is 0 Å². The van der Waals surface area contributed by atoms with Crippen molar-refractivity contribution in [2.24, 2.45) is 7.05 Å². The number of aryl methyl sites for hydroxylation is 1. The number of nitrogens with zero attached hydrogens (tertiary/aromatic N) is 1. The SMILES string of the molecule is Cn1ccc2cccc(C(F)(F)CC(=O)O)c21. The number of carboxylic acid groups (broad SMARTS) is 1. The molecule has 0 radical (unpaired) electrons. The molecular formula is C12H11F2NO2. The number of carbonyl (C=O) groups is 1. The van der Waals surface area contributed by atoms with Crippen LogP contribution in [0.15, 0.2) is 30.5 Å². The normalized spacial score (nSPS) is 11.9. The van der Waals surface area contributed by atoms with Crippen LogP contribution in [-0.4, -0.2) is 15.6 Å². The van der Waals surface area contributed by atoms with Crippen molar-refractivity contribution >= 4 is 16.9 Å². The molecule has 3 nitrogen and oxygen atoms in total. The second kappa shape index (κ2) is 3.84. The minimum atomic E-state index is -3.36. The van der Waals surface area contributed by atoms with E-state index in [0.29, 0.717) is 10.9 Å². The van der Waals surface area contributed by atoms with E-state index in [1.807, 2.05) is 0 Å². The summed E-state index contributed by atoms with van der Waals surface area (Å²) in [6.45, 7) is 0. The fraction of sp³-hybridized carbons (Fsp3) is 0.250. The Morgan fingerprint density at radius 3 is 2.76 bits per heavy atom. The molecule has 17 heavy (non-hydrogen) atoms. The number of hydrogen-bond acceptors (Lipinski definition) is 1. The average Bonchev–Trinajstić information content (AvgIpc) is 2.59. The first-order valence-electron chi connectivity index (χ1n) is 5.06. The van der Waals surface area contributed by atoms with E-state index in [2.05, 4.69) is 0 Å². The Bertz CT molecular complexity index is 575. The predicted molar refractivity (Wildman–Crippen MR) is 59.1 cm³/mol. The van der Waals surface area contributed by atoms with Gasteiger partial charge in [-0.3, -0.25) is 4.79 Å². The highest BCUT2D eigenvalue weighted by atomic mass is 19.3. The van der Waals surface area contributed by atoms with Gasteiger partial charge in [0, 0.05) is 24.2 Å². The summed E-state index contributed by atoms with van der Waals surface area (Å²) in [6.07, 6.45) is 0.475. The quantitative estimate of drug-likeness (QED) is 0.894. The molecule has 0 aliphatic heterocycles. The fourth-order valence-electron chi connectivity index (χ4n) is 1.94. The molecule has 2 aromatic rings. The van der Waals surface area contributed by atoms with E-state index in [1.54, 1.807) is 29.9 Å². The minimum Gasteiger partial charge on any atom is -0.481 e. The van der Waals surface area contributed by atoms with Crippen LogP contribution in [0.3, 0.4) is 0 Å². The molecule has 0 atom stereocenters. The Morgan fingerprint density at radius 1 is 1.41 bits per heavy atom. The predicted octanol–water partition coefficient (Wildman–Crippen LogP) is 2.74. The summed E-state index contributed by atoms with van der Waals surface area (Å²) < 4.78 is 29.2. The van der Waals surface area contributed by atoms with Gasteiger partial charge in [0.25, 0.3) is 5.92 Å². The summed E-state index contributed by atoms with van der Waals surface area (Å²) in [5.41, 5.74) is 0.128. The van der Waals surface area contributed by atoms with Crippen molar-refractivity contribution in [3.63, 3.8) is 0 Å². The summed E-state index contributed by atoms with van der Waals surface area (Å²) in [6, 6.07) is 6.21. The highest BCUT2D eigenvalue weighted by Crippen LogP contribution is 2.36. The number of aliphatic carboxylic acids is 1. The average molecular weight is 239 g/mol. The molecule has 0 aliphatic rings. The van der Waals surface area contributed by atoms with E-state index in [-0.39, 0.29) is 5.56 Å². The van der Waals surface area contributed by atoms with E-state index in [0.717, 1.165) is 0 Å². The van der Waals surface area contributed by atoms with Crippen molar-refractivity contribution in [3.8, 4) is 0 Å². The Labute approximate surface area is 96.3 Å². The van der Waals surface area contributed by atoms with Crippen LogP contribution < -0.4 is 0 Å². The third-order valence-corrected chi connectivity index (χ3v) is 2.66. The molecule has 0 unspecified atom stereocenters. The molecule has 0 bridgehead atoms. The number of hydrogen-bond donors (Lipinski definition) is 1. The Hall–Kier alpha value is -1.91. The molecule has 90 valence electrons. The molecule has 0 amide bonds. The Balaban J connectivity index is 2.61. The van der Waals surface area contributed by atoms with Crippen LogP contribution in [0, 0.1) is 0 Å². The lowest BCUT2D eigenvalue weighted by atomic mass is 10.0. The van der Waals surface area contributed by atoms with Crippen LogP contribution in [0.4, 0.5) is 8.78 Å². The van der Waals surface area contributed by atoms with Crippen molar-refractivity contribution in [2.45, 2.75) is 12.3 Å². The Morgan fingerprint density at radius 2 is 2.12 bits per heavy atom. The maximum absolute atomic E-state index is 13.8. The molecule has 0 saturated heterocycles. The van der Waals surface area contributed by atoms with Crippen LogP contribution in [0.5, 0.6) is 0 Å². The number of para-hydroxylation sites is 1. The van der Waals surface area contributed by atoms with E-state index in [9.17, 15) is 13.6 Å². The topological polar surface area (TPSA) is 42.2 Å². The van der Waals surface area contributed by atoms with Gasteiger partial charge in [0.05, 0.1) is 5.52 Å². The summed E-state index contributed by atoms with van der Waals surface area (Å²) in [7, 11) is 1.66. The molecule has 1 aromatic carbocycles. The Kier molecular flexibility index (Phi) is 2.61. The largest absolute Gasteiger partial charge is 0.481 e. The van der Waals surface area contributed by atoms with E-state index in [4.69, 9.17) is 5.11 Å². The van der Waals surface area contributed by atoms with Gasteiger partial charge in [-0.05, 0) is 6.07 Å².